The van der Waals surface area contributed by atoms with E-state index in [0.29, 0.717) is 24.3 Å². The van der Waals surface area contributed by atoms with E-state index in [1.165, 1.54) is 0 Å². The summed E-state index contributed by atoms with van der Waals surface area (Å²) in [5, 5.41) is 0. The Balaban J connectivity index is 2.33. The third-order valence-electron chi connectivity index (χ3n) is 2.89. The monoisotopic (exact) mass is 240 g/mol. The molecule has 1 unspecified atom stereocenters. The molecule has 1 fully saturated rings. The average Bonchev–Trinajstić information content (AvgIpc) is 2.26. The lowest BCUT2D eigenvalue weighted by Gasteiger charge is -2.42. The molecule has 1 saturated heterocycles. The van der Waals surface area contributed by atoms with E-state index >= 15 is 0 Å². The summed E-state index contributed by atoms with van der Waals surface area (Å²) in [6, 6.07) is 6.76. The molecule has 0 N–H and O–H groups in total. The molecule has 1 aliphatic rings. The van der Waals surface area contributed by atoms with E-state index in [4.69, 9.17) is 9.47 Å². The van der Waals surface area contributed by atoms with E-state index < -0.39 is 12.0 Å². The minimum atomic E-state index is -2.55. The lowest BCUT2D eigenvalue weighted by molar-refractivity contribution is -0.226. The molecule has 0 spiro atoms. The molecule has 0 aliphatic carbocycles. The minimum Gasteiger partial charge on any atom is -0.489 e. The van der Waals surface area contributed by atoms with Crippen LogP contribution in [0.3, 0.4) is 0 Å². The van der Waals surface area contributed by atoms with Gasteiger partial charge < -0.3 is 9.47 Å². The molecular formula is C13H14F2O2. The maximum Gasteiger partial charge on any atom is 0.271 e. The van der Waals surface area contributed by atoms with Gasteiger partial charge in [-0.25, -0.2) is 8.78 Å². The van der Waals surface area contributed by atoms with Gasteiger partial charge >= 0.3 is 0 Å². The molecule has 0 saturated carbocycles. The van der Waals surface area contributed by atoms with Crippen molar-refractivity contribution in [3.05, 3.63) is 42.5 Å². The van der Waals surface area contributed by atoms with E-state index in [9.17, 15) is 8.78 Å². The maximum absolute atomic E-state index is 13.1. The standard InChI is InChI=1S/C13H14F2O2/c1-2-8-16-11-6-4-3-5-10(11)13(12(14)15)7-9-17-13/h2-6,12H,1,7-9H2. The van der Waals surface area contributed by atoms with Crippen molar-refractivity contribution in [3.8, 4) is 5.75 Å². The first kappa shape index (κ1) is 12.0. The number of rotatable bonds is 5. The van der Waals surface area contributed by atoms with E-state index in [2.05, 4.69) is 6.58 Å². The van der Waals surface area contributed by atoms with Gasteiger partial charge in [-0.15, -0.1) is 0 Å². The Kier molecular flexibility index (Phi) is 3.43. The Morgan fingerprint density at radius 2 is 2.18 bits per heavy atom. The van der Waals surface area contributed by atoms with E-state index in [0.717, 1.165) is 0 Å². The molecule has 92 valence electrons. The van der Waals surface area contributed by atoms with Crippen LogP contribution in [-0.2, 0) is 10.3 Å². The molecule has 1 aliphatic heterocycles. The van der Waals surface area contributed by atoms with Crippen LogP contribution in [0.15, 0.2) is 36.9 Å². The molecule has 0 radical (unpaired) electrons. The zero-order valence-corrected chi connectivity index (χ0v) is 9.36. The summed E-state index contributed by atoms with van der Waals surface area (Å²) in [6.45, 7) is 4.18. The number of para-hydroxylation sites is 1. The molecule has 0 amide bonds. The van der Waals surface area contributed by atoms with E-state index in [-0.39, 0.29) is 6.61 Å². The second-order valence-corrected chi connectivity index (χ2v) is 3.88. The summed E-state index contributed by atoms with van der Waals surface area (Å²) in [6.07, 6.45) is -0.656. The van der Waals surface area contributed by atoms with Gasteiger partial charge in [0.1, 0.15) is 12.4 Å². The van der Waals surface area contributed by atoms with Crippen LogP contribution < -0.4 is 4.74 Å². The van der Waals surface area contributed by atoms with Crippen molar-refractivity contribution in [1.82, 2.24) is 0 Å². The second-order valence-electron chi connectivity index (χ2n) is 3.88. The first-order valence-corrected chi connectivity index (χ1v) is 5.46. The first-order valence-electron chi connectivity index (χ1n) is 5.46. The van der Waals surface area contributed by atoms with Crippen LogP contribution in [-0.4, -0.2) is 19.6 Å². The summed E-state index contributed by atoms with van der Waals surface area (Å²) in [5.74, 6) is 0.437. The van der Waals surface area contributed by atoms with Crippen LogP contribution in [0.1, 0.15) is 12.0 Å². The predicted octanol–water partition coefficient (Wildman–Crippen LogP) is 3.13. The highest BCUT2D eigenvalue weighted by Gasteiger charge is 2.50. The molecule has 1 aromatic carbocycles. The van der Waals surface area contributed by atoms with Gasteiger partial charge in [-0.05, 0) is 6.07 Å². The van der Waals surface area contributed by atoms with Crippen molar-refractivity contribution in [2.45, 2.75) is 18.4 Å². The quantitative estimate of drug-likeness (QED) is 0.736. The van der Waals surface area contributed by atoms with Gasteiger partial charge in [0.15, 0.2) is 5.60 Å². The highest BCUT2D eigenvalue weighted by Crippen LogP contribution is 2.46. The largest absolute Gasteiger partial charge is 0.489 e. The molecule has 4 heteroatoms. The molecule has 1 heterocycles. The highest BCUT2D eigenvalue weighted by atomic mass is 19.3. The van der Waals surface area contributed by atoms with Gasteiger partial charge in [-0.3, -0.25) is 0 Å². The van der Waals surface area contributed by atoms with Gasteiger partial charge in [-0.1, -0.05) is 30.9 Å². The number of ether oxygens (including phenoxy) is 2. The lowest BCUT2D eigenvalue weighted by atomic mass is 9.86. The van der Waals surface area contributed by atoms with Gasteiger partial charge in [0.05, 0.1) is 6.61 Å². The third-order valence-corrected chi connectivity index (χ3v) is 2.89. The summed E-state index contributed by atoms with van der Waals surface area (Å²) in [7, 11) is 0. The summed E-state index contributed by atoms with van der Waals surface area (Å²) in [4.78, 5) is 0. The Morgan fingerprint density at radius 1 is 1.47 bits per heavy atom. The maximum atomic E-state index is 13.1. The SMILES string of the molecule is C=CCOc1ccccc1C1(C(F)F)CCO1. The number of benzene rings is 1. The molecule has 2 nitrogen and oxygen atoms in total. The molecular weight excluding hydrogens is 226 g/mol. The van der Waals surface area contributed by atoms with Gasteiger partial charge in [0.25, 0.3) is 6.43 Å². The predicted molar refractivity (Wildman–Crippen MR) is 60.4 cm³/mol. The zero-order valence-electron chi connectivity index (χ0n) is 9.36. The van der Waals surface area contributed by atoms with Crippen LogP contribution in [0.25, 0.3) is 0 Å². The van der Waals surface area contributed by atoms with Crippen molar-refractivity contribution in [2.24, 2.45) is 0 Å². The fourth-order valence-electron chi connectivity index (χ4n) is 1.91. The zero-order chi connectivity index (χ0) is 12.3. The van der Waals surface area contributed by atoms with Crippen LogP contribution in [0.4, 0.5) is 8.78 Å². The second kappa shape index (κ2) is 4.84. The fourth-order valence-corrected chi connectivity index (χ4v) is 1.91. The van der Waals surface area contributed by atoms with Crippen molar-refractivity contribution >= 4 is 0 Å². The molecule has 1 aromatic rings. The topological polar surface area (TPSA) is 18.5 Å². The van der Waals surface area contributed by atoms with Crippen LogP contribution >= 0.6 is 0 Å². The summed E-state index contributed by atoms with van der Waals surface area (Å²) in [5.41, 5.74) is -1.07. The molecule has 0 aromatic heterocycles. The number of halogens is 2. The number of hydrogen-bond donors (Lipinski definition) is 0. The molecule has 0 bridgehead atoms. The molecule has 1 atom stereocenters. The van der Waals surface area contributed by atoms with Crippen molar-refractivity contribution in [2.75, 3.05) is 13.2 Å². The van der Waals surface area contributed by atoms with E-state index in [1.807, 2.05) is 0 Å². The van der Waals surface area contributed by atoms with Crippen LogP contribution in [0.2, 0.25) is 0 Å². The lowest BCUT2D eigenvalue weighted by Crippen LogP contribution is -2.47. The van der Waals surface area contributed by atoms with Gasteiger partial charge in [-0.2, -0.15) is 0 Å². The summed E-state index contributed by atoms with van der Waals surface area (Å²) < 4.78 is 36.8. The normalized spacial score (nSPS) is 23.2. The first-order chi connectivity index (χ1) is 8.20. The van der Waals surface area contributed by atoms with Crippen molar-refractivity contribution < 1.29 is 18.3 Å². The Morgan fingerprint density at radius 3 is 2.71 bits per heavy atom. The van der Waals surface area contributed by atoms with E-state index in [1.54, 1.807) is 30.3 Å². The Bertz CT molecular complexity index is 400. The van der Waals surface area contributed by atoms with Crippen LogP contribution in [0.5, 0.6) is 5.75 Å². The van der Waals surface area contributed by atoms with Gasteiger partial charge in [0, 0.05) is 12.0 Å². The molecule has 2 rings (SSSR count). The fraction of sp³-hybridized carbons (Fsp3) is 0.385. The summed E-state index contributed by atoms with van der Waals surface area (Å²) >= 11 is 0. The molecule has 17 heavy (non-hydrogen) atoms. The van der Waals surface area contributed by atoms with Gasteiger partial charge in [0.2, 0.25) is 0 Å². The minimum absolute atomic E-state index is 0.288. The van der Waals surface area contributed by atoms with Crippen molar-refractivity contribution in [3.63, 3.8) is 0 Å². The Hall–Kier alpha value is -1.42. The highest BCUT2D eigenvalue weighted by molar-refractivity contribution is 5.40. The van der Waals surface area contributed by atoms with Crippen LogP contribution in [0, 0.1) is 0 Å². The number of alkyl halides is 2. The average molecular weight is 240 g/mol. The third kappa shape index (κ3) is 2.05. The Labute approximate surface area is 98.8 Å². The van der Waals surface area contributed by atoms with Crippen molar-refractivity contribution in [1.29, 1.82) is 0 Å². The number of hydrogen-bond acceptors (Lipinski definition) is 2. The smallest absolute Gasteiger partial charge is 0.271 e.